The van der Waals surface area contributed by atoms with Gasteiger partial charge in [0.05, 0.1) is 12.2 Å². The standard InChI is InChI=1S/C22H20N8S/c1-13-25-26-20-12-29(9-10-30(13)20)19-4-2-3-18(24-19)16-8-7-14-5-6-15(11-17(14)16)21-27-28-22(23)31-21/h2-6,8,11H,7,9-10,12H2,1H3,(H2,23,28). The maximum Gasteiger partial charge on any atom is 0.203 e. The average molecular weight is 429 g/mol. The van der Waals surface area contributed by atoms with Crippen LogP contribution >= 0.6 is 11.3 Å². The zero-order valence-electron chi connectivity index (χ0n) is 17.0. The molecule has 6 rings (SSSR count). The lowest BCUT2D eigenvalue weighted by Crippen LogP contribution is -2.34. The summed E-state index contributed by atoms with van der Waals surface area (Å²) in [5.41, 5.74) is 11.4. The molecule has 1 aromatic carbocycles. The Labute approximate surface area is 183 Å². The van der Waals surface area contributed by atoms with Gasteiger partial charge >= 0.3 is 0 Å². The molecule has 154 valence electrons. The average Bonchev–Trinajstić information content (AvgIpc) is 3.52. The van der Waals surface area contributed by atoms with Crippen LogP contribution in [0.15, 0.2) is 42.5 Å². The van der Waals surface area contributed by atoms with E-state index in [4.69, 9.17) is 10.7 Å². The number of aromatic nitrogens is 6. The number of benzene rings is 1. The third-order valence-electron chi connectivity index (χ3n) is 5.89. The molecule has 4 heterocycles. The minimum Gasteiger partial charge on any atom is -0.374 e. The van der Waals surface area contributed by atoms with Gasteiger partial charge in [-0.2, -0.15) is 0 Å². The first-order valence-corrected chi connectivity index (χ1v) is 11.0. The molecule has 3 aromatic heterocycles. The summed E-state index contributed by atoms with van der Waals surface area (Å²) in [5.74, 6) is 2.92. The lowest BCUT2D eigenvalue weighted by atomic mass is 10.00. The molecule has 0 saturated carbocycles. The first kappa shape index (κ1) is 18.2. The third kappa shape index (κ3) is 3.09. The predicted octanol–water partition coefficient (Wildman–Crippen LogP) is 3.09. The van der Waals surface area contributed by atoms with Gasteiger partial charge in [-0.05, 0) is 42.7 Å². The van der Waals surface area contributed by atoms with Crippen LogP contribution in [0.5, 0.6) is 0 Å². The SMILES string of the molecule is Cc1nnc2n1CCN(c1cccc(C3=CCc4ccc(-c5nnc(N)s5)cc43)n1)C2. The Morgan fingerprint density at radius 3 is 2.84 bits per heavy atom. The molecule has 0 saturated heterocycles. The van der Waals surface area contributed by atoms with Gasteiger partial charge in [-0.25, -0.2) is 4.98 Å². The zero-order valence-corrected chi connectivity index (χ0v) is 17.8. The number of pyridine rings is 1. The van der Waals surface area contributed by atoms with E-state index in [1.807, 2.05) is 6.92 Å². The van der Waals surface area contributed by atoms with Gasteiger partial charge in [0, 0.05) is 24.2 Å². The van der Waals surface area contributed by atoms with Gasteiger partial charge in [0.2, 0.25) is 5.13 Å². The summed E-state index contributed by atoms with van der Waals surface area (Å²) in [6.07, 6.45) is 3.16. The van der Waals surface area contributed by atoms with E-state index in [0.717, 1.165) is 65.4 Å². The van der Waals surface area contributed by atoms with Crippen molar-refractivity contribution in [3.8, 4) is 10.6 Å². The highest BCUT2D eigenvalue weighted by Gasteiger charge is 2.23. The summed E-state index contributed by atoms with van der Waals surface area (Å²) >= 11 is 1.40. The quantitative estimate of drug-likeness (QED) is 0.535. The Bertz CT molecular complexity index is 1340. The summed E-state index contributed by atoms with van der Waals surface area (Å²) < 4.78 is 2.18. The molecular weight excluding hydrogens is 408 g/mol. The van der Waals surface area contributed by atoms with Crippen molar-refractivity contribution in [2.75, 3.05) is 17.2 Å². The summed E-state index contributed by atoms with van der Waals surface area (Å²) in [7, 11) is 0. The smallest absolute Gasteiger partial charge is 0.203 e. The molecule has 2 N–H and O–H groups in total. The van der Waals surface area contributed by atoms with Gasteiger partial charge in [0.25, 0.3) is 0 Å². The van der Waals surface area contributed by atoms with Crippen molar-refractivity contribution in [2.45, 2.75) is 26.4 Å². The highest BCUT2D eigenvalue weighted by Crippen LogP contribution is 2.36. The highest BCUT2D eigenvalue weighted by atomic mass is 32.1. The Hall–Kier alpha value is -3.59. The van der Waals surface area contributed by atoms with E-state index in [1.165, 1.54) is 22.5 Å². The molecule has 2 aliphatic rings. The molecule has 8 nitrogen and oxygen atoms in total. The van der Waals surface area contributed by atoms with Crippen molar-refractivity contribution in [3.05, 3.63) is 70.9 Å². The van der Waals surface area contributed by atoms with Crippen LogP contribution in [-0.2, 0) is 19.5 Å². The van der Waals surface area contributed by atoms with Crippen molar-refractivity contribution in [1.82, 2.24) is 29.9 Å². The number of nitrogen functional groups attached to an aromatic ring is 1. The molecule has 0 atom stereocenters. The van der Waals surface area contributed by atoms with Crippen molar-refractivity contribution in [2.24, 2.45) is 0 Å². The number of allylic oxidation sites excluding steroid dienone is 1. The maximum absolute atomic E-state index is 5.77. The second-order valence-electron chi connectivity index (χ2n) is 7.76. The van der Waals surface area contributed by atoms with Crippen LogP contribution in [-0.4, -0.2) is 36.5 Å². The fraction of sp³-hybridized carbons (Fsp3) is 0.227. The monoisotopic (exact) mass is 428 g/mol. The van der Waals surface area contributed by atoms with Gasteiger partial charge < -0.3 is 15.2 Å². The largest absolute Gasteiger partial charge is 0.374 e. The van der Waals surface area contributed by atoms with Gasteiger partial charge in [-0.3, -0.25) is 0 Å². The summed E-state index contributed by atoms with van der Waals surface area (Å²) in [5, 5.41) is 18.0. The van der Waals surface area contributed by atoms with E-state index in [9.17, 15) is 0 Å². The molecular formula is C22H20N8S. The topological polar surface area (TPSA) is 98.6 Å². The maximum atomic E-state index is 5.77. The van der Waals surface area contributed by atoms with Crippen LogP contribution < -0.4 is 10.6 Å². The van der Waals surface area contributed by atoms with E-state index in [-0.39, 0.29) is 0 Å². The lowest BCUT2D eigenvalue weighted by molar-refractivity contribution is 0.547. The number of nitrogens with zero attached hydrogens (tertiary/aromatic N) is 7. The summed E-state index contributed by atoms with van der Waals surface area (Å²) in [6, 6.07) is 12.7. The molecule has 4 aromatic rings. The Morgan fingerprint density at radius 2 is 1.97 bits per heavy atom. The Kier molecular flexibility index (Phi) is 4.10. The van der Waals surface area contributed by atoms with Crippen molar-refractivity contribution < 1.29 is 0 Å². The predicted molar refractivity (Wildman–Crippen MR) is 121 cm³/mol. The van der Waals surface area contributed by atoms with Gasteiger partial charge in [0.1, 0.15) is 16.6 Å². The zero-order chi connectivity index (χ0) is 20.9. The van der Waals surface area contributed by atoms with Crippen LogP contribution in [0.2, 0.25) is 0 Å². The molecule has 31 heavy (non-hydrogen) atoms. The third-order valence-corrected chi connectivity index (χ3v) is 6.69. The normalized spacial score (nSPS) is 15.0. The Morgan fingerprint density at radius 1 is 1.03 bits per heavy atom. The van der Waals surface area contributed by atoms with E-state index in [0.29, 0.717) is 5.13 Å². The number of aryl methyl sites for hydroxylation is 1. The summed E-state index contributed by atoms with van der Waals surface area (Å²) in [4.78, 5) is 7.29. The van der Waals surface area contributed by atoms with Crippen molar-refractivity contribution in [1.29, 1.82) is 0 Å². The fourth-order valence-corrected chi connectivity index (χ4v) is 4.91. The lowest BCUT2D eigenvalue weighted by Gasteiger charge is -2.28. The van der Waals surface area contributed by atoms with Crippen molar-refractivity contribution in [3.63, 3.8) is 0 Å². The van der Waals surface area contributed by atoms with E-state index in [1.54, 1.807) is 0 Å². The second-order valence-corrected chi connectivity index (χ2v) is 8.77. The molecule has 1 aliphatic heterocycles. The Balaban J connectivity index is 1.32. The van der Waals surface area contributed by atoms with Gasteiger partial charge in [-0.1, -0.05) is 35.6 Å². The molecule has 9 heteroatoms. The van der Waals surface area contributed by atoms with Crippen LogP contribution in [0.25, 0.3) is 16.1 Å². The number of hydrogen-bond donors (Lipinski definition) is 1. The van der Waals surface area contributed by atoms with Crippen LogP contribution in [0.3, 0.4) is 0 Å². The van der Waals surface area contributed by atoms with Crippen molar-refractivity contribution >= 4 is 27.9 Å². The van der Waals surface area contributed by atoms with E-state index >= 15 is 0 Å². The van der Waals surface area contributed by atoms with Gasteiger partial charge in [0.15, 0.2) is 5.82 Å². The fourth-order valence-electron chi connectivity index (χ4n) is 4.30. The molecule has 0 fully saturated rings. The number of fused-ring (bicyclic) bond motifs is 2. The van der Waals surface area contributed by atoms with Crippen LogP contribution in [0.1, 0.15) is 28.5 Å². The number of nitrogens with two attached hydrogens (primary N) is 1. The number of hydrogen-bond acceptors (Lipinski definition) is 8. The van der Waals surface area contributed by atoms with E-state index in [2.05, 4.69) is 72.3 Å². The number of anilines is 2. The van der Waals surface area contributed by atoms with Crippen LogP contribution in [0.4, 0.5) is 10.9 Å². The minimum absolute atomic E-state index is 0.480. The minimum atomic E-state index is 0.480. The molecule has 0 spiro atoms. The molecule has 0 radical (unpaired) electrons. The van der Waals surface area contributed by atoms with E-state index < -0.39 is 0 Å². The first-order valence-electron chi connectivity index (χ1n) is 10.2. The first-order chi connectivity index (χ1) is 15.2. The molecule has 0 amide bonds. The second kappa shape index (κ2) is 6.98. The molecule has 0 unspecified atom stereocenters. The molecule has 1 aliphatic carbocycles. The highest BCUT2D eigenvalue weighted by molar-refractivity contribution is 7.18. The molecule has 0 bridgehead atoms. The van der Waals surface area contributed by atoms with Crippen LogP contribution in [0, 0.1) is 6.92 Å². The van der Waals surface area contributed by atoms with Gasteiger partial charge in [-0.15, -0.1) is 20.4 Å². The summed E-state index contributed by atoms with van der Waals surface area (Å²) in [6.45, 7) is 4.48. The number of rotatable bonds is 3.